The summed E-state index contributed by atoms with van der Waals surface area (Å²) in [6, 6.07) is 13.7. The molecule has 39 heavy (non-hydrogen) atoms. The smallest absolute Gasteiger partial charge is 0.309 e. The topological polar surface area (TPSA) is 80.6 Å². The number of hydrogen-bond acceptors (Lipinski definition) is 5. The Morgan fingerprint density at radius 2 is 1.85 bits per heavy atom. The van der Waals surface area contributed by atoms with Crippen molar-refractivity contribution in [2.75, 3.05) is 6.54 Å². The highest BCUT2D eigenvalue weighted by molar-refractivity contribution is 8.00. The number of hydrogen-bond donors (Lipinski definition) is 2. The van der Waals surface area contributed by atoms with Gasteiger partial charge in [0.2, 0.25) is 0 Å². The third kappa shape index (κ3) is 7.00. The summed E-state index contributed by atoms with van der Waals surface area (Å²) in [7, 11) is 0. The summed E-state index contributed by atoms with van der Waals surface area (Å²) < 4.78 is 8.44. The minimum Gasteiger partial charge on any atom is -0.481 e. The number of carbonyl (C=O) groups excluding carboxylic acids is 1. The van der Waals surface area contributed by atoms with E-state index < -0.39 is 17.5 Å². The van der Waals surface area contributed by atoms with Crippen LogP contribution in [0.2, 0.25) is 5.02 Å². The zero-order valence-corrected chi connectivity index (χ0v) is 25.2. The predicted molar refractivity (Wildman–Crippen MR) is 159 cm³/mol. The Balaban J connectivity index is 1.88. The Morgan fingerprint density at radius 3 is 2.41 bits per heavy atom. The molecule has 4 rings (SSSR count). The van der Waals surface area contributed by atoms with Crippen molar-refractivity contribution in [3.63, 3.8) is 0 Å². The van der Waals surface area contributed by atoms with Crippen LogP contribution in [0.1, 0.15) is 65.6 Å². The first kappa shape index (κ1) is 29.5. The number of Topliss-reactive ketones (excluding diaryl/α,β-unsaturated/α-hetero) is 1. The largest absolute Gasteiger partial charge is 0.481 e. The first-order valence-corrected chi connectivity index (χ1v) is 14.7. The van der Waals surface area contributed by atoms with Crippen molar-refractivity contribution in [2.24, 2.45) is 5.41 Å². The van der Waals surface area contributed by atoms with Gasteiger partial charge in [-0.1, -0.05) is 44.5 Å². The summed E-state index contributed by atoms with van der Waals surface area (Å²) in [6.07, 6.45) is 1.75. The molecule has 3 aromatic rings. The number of nitrogens with one attached hydrogen (secondary N) is 1. The van der Waals surface area contributed by atoms with Gasteiger partial charge < -0.3 is 19.7 Å². The molecule has 1 fully saturated rings. The lowest BCUT2D eigenvalue weighted by Gasteiger charge is -2.24. The Kier molecular flexibility index (Phi) is 8.74. The average molecular weight is 571 g/mol. The molecule has 2 aromatic carbocycles. The van der Waals surface area contributed by atoms with Crippen molar-refractivity contribution >= 4 is 46.0 Å². The van der Waals surface area contributed by atoms with Crippen LogP contribution in [0.4, 0.5) is 0 Å². The maximum Gasteiger partial charge on any atom is 0.309 e. The number of aliphatic carboxylic acids is 1. The number of carboxylic acid groups (broad SMARTS) is 1. The molecule has 6 nitrogen and oxygen atoms in total. The molecule has 1 unspecified atom stereocenters. The molecule has 1 aliphatic rings. The number of ether oxygens (including phenoxy) is 1. The van der Waals surface area contributed by atoms with Crippen LogP contribution in [0, 0.1) is 5.41 Å². The fourth-order valence-corrected chi connectivity index (χ4v) is 6.35. The molecule has 1 aromatic heterocycles. The minimum atomic E-state index is -0.966. The maximum absolute atomic E-state index is 12.5. The van der Waals surface area contributed by atoms with Gasteiger partial charge in [0.05, 0.1) is 11.5 Å². The fourth-order valence-electron chi connectivity index (χ4n) is 5.04. The monoisotopic (exact) mass is 570 g/mol. The number of fused-ring (bicyclic) bond motifs is 1. The molecular weight excluding hydrogens is 532 g/mol. The van der Waals surface area contributed by atoms with E-state index >= 15 is 0 Å². The number of carbonyl (C=O) groups is 2. The Bertz CT molecular complexity index is 1350. The zero-order chi connectivity index (χ0) is 28.5. The van der Waals surface area contributed by atoms with Gasteiger partial charge >= 0.3 is 5.97 Å². The van der Waals surface area contributed by atoms with Crippen molar-refractivity contribution < 1.29 is 19.4 Å². The van der Waals surface area contributed by atoms with Crippen LogP contribution < -0.4 is 10.1 Å². The molecule has 0 aliphatic carbocycles. The maximum atomic E-state index is 12.5. The standard InChI is InChI=1S/C31H39ClN2O4S/c1-19(35)27(24-8-7-15-33-24)38-22-13-14-25-23(16-22)28(39-30(2,3)4)26(17-31(5,6)29(36)37)34(25)18-20-9-11-21(32)12-10-20/h9-14,16,24,27,33H,7-8,15,17-18H2,1-6H3,(H,36,37)/t24?,27-/m1/s1. The Hall–Kier alpha value is -2.48. The fraction of sp³-hybridized carbons (Fsp3) is 0.484. The van der Waals surface area contributed by atoms with E-state index in [0.717, 1.165) is 46.4 Å². The molecule has 2 heterocycles. The van der Waals surface area contributed by atoms with E-state index in [2.05, 4.69) is 30.7 Å². The third-order valence-corrected chi connectivity index (χ3v) is 8.59. The first-order valence-electron chi connectivity index (χ1n) is 13.5. The minimum absolute atomic E-state index is 0.00277. The lowest BCUT2D eigenvalue weighted by atomic mass is 9.88. The highest BCUT2D eigenvalue weighted by atomic mass is 35.5. The van der Waals surface area contributed by atoms with E-state index in [9.17, 15) is 14.7 Å². The van der Waals surface area contributed by atoms with E-state index in [0.29, 0.717) is 23.7 Å². The van der Waals surface area contributed by atoms with Crippen LogP contribution in [-0.4, -0.2) is 44.9 Å². The van der Waals surface area contributed by atoms with Crippen LogP contribution in [0.25, 0.3) is 10.9 Å². The lowest BCUT2D eigenvalue weighted by Crippen LogP contribution is -2.43. The molecule has 2 atom stereocenters. The van der Waals surface area contributed by atoms with Crippen molar-refractivity contribution in [1.82, 2.24) is 9.88 Å². The van der Waals surface area contributed by atoms with E-state index in [1.165, 1.54) is 0 Å². The molecule has 2 N–H and O–H groups in total. The number of benzene rings is 2. The molecule has 0 bridgehead atoms. The number of ketones is 1. The lowest BCUT2D eigenvalue weighted by molar-refractivity contribution is -0.146. The zero-order valence-electron chi connectivity index (χ0n) is 23.6. The molecule has 0 amide bonds. The number of aromatic nitrogens is 1. The second kappa shape index (κ2) is 11.6. The number of carboxylic acids is 1. The van der Waals surface area contributed by atoms with Gasteiger partial charge in [-0.15, -0.1) is 11.8 Å². The summed E-state index contributed by atoms with van der Waals surface area (Å²) in [6.45, 7) is 13.1. The number of rotatable bonds is 10. The number of halogens is 1. The Labute approximate surface area is 240 Å². The van der Waals surface area contributed by atoms with Gasteiger partial charge in [0, 0.05) is 44.2 Å². The second-order valence-corrected chi connectivity index (χ2v) is 14.4. The van der Waals surface area contributed by atoms with Crippen LogP contribution in [0.15, 0.2) is 47.4 Å². The van der Waals surface area contributed by atoms with Gasteiger partial charge in [0.1, 0.15) is 5.75 Å². The number of nitrogens with zero attached hydrogens (tertiary/aromatic N) is 1. The van der Waals surface area contributed by atoms with E-state index in [1.807, 2.05) is 42.5 Å². The van der Waals surface area contributed by atoms with Crippen LogP contribution in [0.3, 0.4) is 0 Å². The SMILES string of the molecule is CC(=O)[C@@H](Oc1ccc2c(c1)c(SC(C)(C)C)c(CC(C)(C)C(=O)O)n2Cc1ccc(Cl)cc1)C1CCCN1. The number of thioether (sulfide) groups is 1. The third-order valence-electron chi connectivity index (χ3n) is 7.07. The van der Waals surface area contributed by atoms with E-state index in [1.54, 1.807) is 32.5 Å². The normalized spacial score (nSPS) is 16.9. The summed E-state index contributed by atoms with van der Waals surface area (Å²) in [5, 5.41) is 15.1. The van der Waals surface area contributed by atoms with E-state index in [-0.39, 0.29) is 16.6 Å². The summed E-state index contributed by atoms with van der Waals surface area (Å²) >= 11 is 7.88. The van der Waals surface area contributed by atoms with Crippen LogP contribution >= 0.6 is 23.4 Å². The van der Waals surface area contributed by atoms with Crippen molar-refractivity contribution in [1.29, 1.82) is 0 Å². The van der Waals surface area contributed by atoms with Gasteiger partial charge in [-0.25, -0.2) is 0 Å². The molecule has 0 radical (unpaired) electrons. The van der Waals surface area contributed by atoms with Gasteiger partial charge in [-0.3, -0.25) is 9.59 Å². The molecule has 0 saturated carbocycles. The molecule has 0 spiro atoms. The van der Waals surface area contributed by atoms with Crippen LogP contribution in [0.5, 0.6) is 5.75 Å². The molecule has 1 saturated heterocycles. The molecule has 1 aliphatic heterocycles. The van der Waals surface area contributed by atoms with Gasteiger partial charge in [-0.05, 0) is 76.1 Å². The molecular formula is C31H39ClN2O4S. The van der Waals surface area contributed by atoms with Gasteiger partial charge in [0.25, 0.3) is 0 Å². The summed E-state index contributed by atoms with van der Waals surface area (Å²) in [4.78, 5) is 25.8. The highest BCUT2D eigenvalue weighted by Gasteiger charge is 2.34. The highest BCUT2D eigenvalue weighted by Crippen LogP contribution is 2.44. The predicted octanol–water partition coefficient (Wildman–Crippen LogP) is 6.98. The second-order valence-electron chi connectivity index (χ2n) is 12.1. The summed E-state index contributed by atoms with van der Waals surface area (Å²) in [5.74, 6) is -0.197. The molecule has 210 valence electrons. The molecule has 8 heteroatoms. The average Bonchev–Trinajstić information content (AvgIpc) is 3.46. The van der Waals surface area contributed by atoms with Crippen molar-refractivity contribution in [3.8, 4) is 5.75 Å². The van der Waals surface area contributed by atoms with Crippen molar-refractivity contribution in [3.05, 3.63) is 58.7 Å². The van der Waals surface area contributed by atoms with Gasteiger partial charge in [-0.2, -0.15) is 0 Å². The van der Waals surface area contributed by atoms with Gasteiger partial charge in [0.15, 0.2) is 11.9 Å². The first-order chi connectivity index (χ1) is 18.2. The summed E-state index contributed by atoms with van der Waals surface area (Å²) in [5.41, 5.74) is 2.08. The van der Waals surface area contributed by atoms with Crippen LogP contribution in [-0.2, 0) is 22.6 Å². The van der Waals surface area contributed by atoms with Crippen molar-refractivity contribution in [2.45, 2.75) is 89.1 Å². The Morgan fingerprint density at radius 1 is 1.15 bits per heavy atom. The quantitative estimate of drug-likeness (QED) is 0.256. The van der Waals surface area contributed by atoms with E-state index in [4.69, 9.17) is 16.3 Å².